The molecular formula is C18H24N4O2. The summed E-state index contributed by atoms with van der Waals surface area (Å²) in [6.45, 7) is 6.17. The molecule has 3 heterocycles. The molecule has 6 heteroatoms. The van der Waals surface area contributed by atoms with Gasteiger partial charge in [0.25, 0.3) is 0 Å². The van der Waals surface area contributed by atoms with Crippen molar-refractivity contribution in [2.75, 3.05) is 24.6 Å². The molecule has 0 spiro atoms. The predicted molar refractivity (Wildman–Crippen MR) is 90.4 cm³/mol. The predicted octanol–water partition coefficient (Wildman–Crippen LogP) is 1.68. The molecular weight excluding hydrogens is 304 g/mol. The van der Waals surface area contributed by atoms with Crippen LogP contribution in [0.3, 0.4) is 0 Å². The largest absolute Gasteiger partial charge is 0.377 e. The maximum Gasteiger partial charge on any atom is 0.223 e. The zero-order chi connectivity index (χ0) is 17.3. The van der Waals surface area contributed by atoms with Crippen LogP contribution in [0.25, 0.3) is 0 Å². The number of piperidine rings is 1. The van der Waals surface area contributed by atoms with Gasteiger partial charge in [0.2, 0.25) is 5.91 Å². The Balaban J connectivity index is 1.72. The Kier molecular flexibility index (Phi) is 4.72. The van der Waals surface area contributed by atoms with Gasteiger partial charge in [-0.2, -0.15) is 5.26 Å². The number of primary amides is 1. The van der Waals surface area contributed by atoms with Gasteiger partial charge in [-0.1, -0.05) is 0 Å². The maximum absolute atomic E-state index is 11.6. The molecule has 1 aromatic heterocycles. The lowest BCUT2D eigenvalue weighted by Gasteiger charge is -2.36. The minimum Gasteiger partial charge on any atom is -0.377 e. The molecule has 0 radical (unpaired) electrons. The van der Waals surface area contributed by atoms with E-state index in [9.17, 15) is 10.1 Å². The Labute approximate surface area is 142 Å². The average Bonchev–Trinajstić information content (AvgIpc) is 3.04. The summed E-state index contributed by atoms with van der Waals surface area (Å²) in [5.74, 6) is 0.725. The number of ether oxygens (including phenoxy) is 1. The average molecular weight is 328 g/mol. The molecule has 2 aliphatic heterocycles. The van der Waals surface area contributed by atoms with Crippen molar-refractivity contribution in [2.24, 2.45) is 17.6 Å². The highest BCUT2D eigenvalue weighted by Crippen LogP contribution is 2.34. The fraction of sp³-hybridized carbons (Fsp3) is 0.611. The fourth-order valence-electron chi connectivity index (χ4n) is 4.00. The highest BCUT2D eigenvalue weighted by molar-refractivity contribution is 5.77. The zero-order valence-corrected chi connectivity index (χ0v) is 14.3. The van der Waals surface area contributed by atoms with Crippen molar-refractivity contribution in [1.29, 1.82) is 5.26 Å². The van der Waals surface area contributed by atoms with Crippen LogP contribution in [-0.2, 0) is 9.53 Å². The number of carbonyl (C=O) groups excluding carboxylic acids is 1. The molecule has 2 aliphatic rings. The maximum atomic E-state index is 11.6. The van der Waals surface area contributed by atoms with Crippen molar-refractivity contribution in [2.45, 2.75) is 39.2 Å². The van der Waals surface area contributed by atoms with E-state index in [1.807, 2.05) is 19.9 Å². The third-order valence-electron chi connectivity index (χ3n) is 5.24. The van der Waals surface area contributed by atoms with E-state index in [2.05, 4.69) is 16.0 Å². The lowest BCUT2D eigenvalue weighted by Crippen LogP contribution is -2.42. The van der Waals surface area contributed by atoms with Crippen molar-refractivity contribution in [3.8, 4) is 6.07 Å². The van der Waals surface area contributed by atoms with Crippen LogP contribution in [-0.4, -0.2) is 36.7 Å². The molecule has 24 heavy (non-hydrogen) atoms. The van der Waals surface area contributed by atoms with Gasteiger partial charge in [0.15, 0.2) is 0 Å². The molecule has 2 atom stereocenters. The molecule has 0 aromatic carbocycles. The molecule has 128 valence electrons. The number of pyridine rings is 1. The molecule has 1 amide bonds. The number of anilines is 1. The second-order valence-electron chi connectivity index (χ2n) is 6.85. The van der Waals surface area contributed by atoms with Crippen molar-refractivity contribution < 1.29 is 9.53 Å². The van der Waals surface area contributed by atoms with Gasteiger partial charge < -0.3 is 15.4 Å². The number of amides is 1. The summed E-state index contributed by atoms with van der Waals surface area (Å²) in [6, 6.07) is 4.23. The second-order valence-corrected chi connectivity index (χ2v) is 6.85. The van der Waals surface area contributed by atoms with E-state index in [4.69, 9.17) is 10.5 Å². The van der Waals surface area contributed by atoms with Crippen LogP contribution in [0.2, 0.25) is 0 Å². The fourth-order valence-corrected chi connectivity index (χ4v) is 4.00. The van der Waals surface area contributed by atoms with Crippen LogP contribution in [0.15, 0.2) is 6.07 Å². The quantitative estimate of drug-likeness (QED) is 0.911. The molecule has 1 aromatic rings. The van der Waals surface area contributed by atoms with Crippen molar-refractivity contribution in [3.05, 3.63) is 22.9 Å². The van der Waals surface area contributed by atoms with Gasteiger partial charge in [-0.15, -0.1) is 0 Å². The number of nitrogens with zero attached hydrogens (tertiary/aromatic N) is 3. The zero-order valence-electron chi connectivity index (χ0n) is 14.3. The van der Waals surface area contributed by atoms with E-state index in [1.54, 1.807) is 0 Å². The first-order valence-electron chi connectivity index (χ1n) is 8.55. The van der Waals surface area contributed by atoms with Crippen LogP contribution in [0.4, 0.5) is 5.82 Å². The monoisotopic (exact) mass is 328 g/mol. The van der Waals surface area contributed by atoms with Crippen molar-refractivity contribution in [1.82, 2.24) is 4.98 Å². The van der Waals surface area contributed by atoms with Gasteiger partial charge in [-0.05, 0) is 50.7 Å². The summed E-state index contributed by atoms with van der Waals surface area (Å²) >= 11 is 0. The van der Waals surface area contributed by atoms with Crippen molar-refractivity contribution >= 4 is 11.7 Å². The molecule has 2 N–H and O–H groups in total. The molecule has 0 saturated carbocycles. The number of nitrogens with two attached hydrogens (primary N) is 1. The lowest BCUT2D eigenvalue weighted by molar-refractivity contribution is -0.124. The standard InChI is InChI=1S/C18H24N4O2/c1-11-9-12(2)21-18(15(11)10-19)22-6-3-13(4-7-22)16-14(17(20)23)5-8-24-16/h9,13-14,16H,3-8H2,1-2H3,(H2,20,23)/t14-,16+/m0/s1. The molecule has 0 unspecified atom stereocenters. The first-order chi connectivity index (χ1) is 11.5. The smallest absolute Gasteiger partial charge is 0.223 e. The third-order valence-corrected chi connectivity index (χ3v) is 5.24. The first-order valence-corrected chi connectivity index (χ1v) is 8.55. The Morgan fingerprint density at radius 1 is 1.38 bits per heavy atom. The lowest BCUT2D eigenvalue weighted by atomic mass is 9.84. The molecule has 2 fully saturated rings. The SMILES string of the molecule is Cc1cc(C)c(C#N)c(N2CCC([C@H]3OCC[C@@H]3C(N)=O)CC2)n1. The topological polar surface area (TPSA) is 92.2 Å². The number of aromatic nitrogens is 1. The van der Waals surface area contributed by atoms with E-state index in [0.29, 0.717) is 18.1 Å². The third kappa shape index (κ3) is 3.09. The highest BCUT2D eigenvalue weighted by atomic mass is 16.5. The molecule has 0 bridgehead atoms. The number of rotatable bonds is 3. The molecule has 2 saturated heterocycles. The van der Waals surface area contributed by atoms with Gasteiger partial charge >= 0.3 is 0 Å². The Morgan fingerprint density at radius 3 is 2.71 bits per heavy atom. The normalized spacial score (nSPS) is 24.8. The number of hydrogen-bond acceptors (Lipinski definition) is 5. The van der Waals surface area contributed by atoms with Gasteiger partial charge in [-0.25, -0.2) is 4.98 Å². The second kappa shape index (κ2) is 6.78. The van der Waals surface area contributed by atoms with E-state index in [1.165, 1.54) is 0 Å². The van der Waals surface area contributed by atoms with E-state index >= 15 is 0 Å². The Morgan fingerprint density at radius 2 is 2.08 bits per heavy atom. The summed E-state index contributed by atoms with van der Waals surface area (Å²) < 4.78 is 5.80. The molecule has 6 nitrogen and oxygen atoms in total. The van der Waals surface area contributed by atoms with Crippen LogP contribution in [0.1, 0.15) is 36.1 Å². The summed E-state index contributed by atoms with van der Waals surface area (Å²) in [7, 11) is 0. The van der Waals surface area contributed by atoms with Crippen LogP contribution < -0.4 is 10.6 Å². The summed E-state index contributed by atoms with van der Waals surface area (Å²) in [4.78, 5) is 18.4. The van der Waals surface area contributed by atoms with Gasteiger partial charge in [0.1, 0.15) is 11.9 Å². The number of aryl methyl sites for hydroxylation is 2. The van der Waals surface area contributed by atoms with Crippen LogP contribution in [0, 0.1) is 37.0 Å². The minimum atomic E-state index is -0.248. The number of hydrogen-bond donors (Lipinski definition) is 1. The van der Waals surface area contributed by atoms with Gasteiger partial charge in [-0.3, -0.25) is 4.79 Å². The molecule has 0 aliphatic carbocycles. The first kappa shape index (κ1) is 16.7. The van der Waals surface area contributed by atoms with E-state index in [0.717, 1.165) is 49.4 Å². The highest BCUT2D eigenvalue weighted by Gasteiger charge is 2.39. The van der Waals surface area contributed by atoms with Crippen molar-refractivity contribution in [3.63, 3.8) is 0 Å². The number of carbonyl (C=O) groups is 1. The minimum absolute atomic E-state index is 0.0488. The summed E-state index contributed by atoms with van der Waals surface area (Å²) in [5.41, 5.74) is 8.06. The van der Waals surface area contributed by atoms with E-state index < -0.39 is 0 Å². The summed E-state index contributed by atoms with van der Waals surface area (Å²) in [6.07, 6.45) is 2.53. The van der Waals surface area contributed by atoms with Gasteiger partial charge in [0.05, 0.1) is 17.6 Å². The van der Waals surface area contributed by atoms with Crippen LogP contribution in [0.5, 0.6) is 0 Å². The van der Waals surface area contributed by atoms with E-state index in [-0.39, 0.29) is 17.9 Å². The Hall–Kier alpha value is -2.13. The summed E-state index contributed by atoms with van der Waals surface area (Å²) in [5, 5.41) is 9.45. The Bertz CT molecular complexity index is 674. The van der Waals surface area contributed by atoms with Gasteiger partial charge in [0, 0.05) is 25.4 Å². The number of nitriles is 1. The molecule has 3 rings (SSSR count). The van der Waals surface area contributed by atoms with Crippen LogP contribution >= 0.6 is 0 Å².